The number of phenols is 1. The van der Waals surface area contributed by atoms with Crippen LogP contribution < -0.4 is 89.4 Å². The number of esters is 6. The molecule has 8 N–H and O–H groups in total. The van der Waals surface area contributed by atoms with Crippen LogP contribution in [0.1, 0.15) is 68.7 Å². The molecule has 0 aliphatic heterocycles. The number of rotatable bonds is 29. The molecule has 110 heavy (non-hydrogen) atoms. The summed E-state index contributed by atoms with van der Waals surface area (Å²) in [5, 5.41) is 38.6. The number of aldehydes is 1. The molecule has 0 spiro atoms. The fourth-order valence-corrected chi connectivity index (χ4v) is 10.2. The molecule has 33 nitrogen and oxygen atoms in total. The van der Waals surface area contributed by atoms with Crippen LogP contribution in [0.3, 0.4) is 0 Å². The van der Waals surface area contributed by atoms with Crippen LogP contribution in [0.4, 0.5) is 28.4 Å². The number of hydrogen-bond acceptors (Lipinski definition) is 31. The number of hydrogen-bond donors (Lipinski definition) is 5. The molecule has 0 aromatic heterocycles. The summed E-state index contributed by atoms with van der Waals surface area (Å²) < 4.78 is 75.5. The fraction of sp³-hybridized carbons (Fsp3) is 0.507. The molecule has 601 valence electrons. The minimum Gasteiger partial charge on any atom is -1.00 e. The average Bonchev–Trinajstić information content (AvgIpc) is 1.71. The van der Waals surface area contributed by atoms with Crippen molar-refractivity contribution in [3.05, 3.63) is 111 Å². The van der Waals surface area contributed by atoms with Gasteiger partial charge in [0.2, 0.25) is 0 Å². The normalized spacial score (nSPS) is 20.5. The maximum Gasteiger partial charge on any atom is 1.00 e. The first kappa shape index (κ1) is 97.8. The minimum absolute atomic E-state index is 0. The number of phenolic OH excluding ortho intramolecular Hbond substituents is 1. The Kier molecular flexibility index (Phi) is 43.6. The number of aliphatic hydroxyl groups excluding tert-OH is 1. The summed E-state index contributed by atoms with van der Waals surface area (Å²) in [6.07, 6.45) is 5.50. The average molecular weight is 1560 g/mol. The van der Waals surface area contributed by atoms with Gasteiger partial charge in [-0.2, -0.15) is 0 Å². The van der Waals surface area contributed by atoms with E-state index in [0.717, 1.165) is 44.5 Å². The Balaban J connectivity index is 0.00000128. The molecule has 5 aromatic rings. The fourth-order valence-electron chi connectivity index (χ4n) is 10.2. The van der Waals surface area contributed by atoms with Crippen LogP contribution >= 0.6 is 0 Å². The third-order valence-electron chi connectivity index (χ3n) is 17.0. The number of carbonyl (C=O) groups excluding carboxylic acids is 7. The molecular formula is C75H104BN5NaO28. The Morgan fingerprint density at radius 2 is 0.673 bits per heavy atom. The standard InChI is InChI=1S/C13H15NO6.3C13H17NO4.C7H7NO4.C7H12O3.C7H10O3.2CH4.B.Na.H/c1-18-10-4-9(14(16)17)5-11(6-10)20-7-8-3-12(8)13(15)19-2;3*1-16-10-4-9(14)5-11(6-10)18-7-8-3-12(8)13(15)17-2;1-12-7-3-5(8(10)11)2-6(9)4-7;2*1-2-10-7(9)6-3-5(6)4-8;;;;;/h4-6,8,12H,3,7H2,1-2H3;3*4-6,8,12H,3,7,14H2,1-2H3;2-4,9H,1H3;5-6,8H,2-4H2,1H3;4-6H,2-3H2,1H3;2*1H4;;;/q;;;;;;;;;;+1;-1/t;2*8-,12+;;;;;;;;;/m.10........./s1. The number of nitro benzene ring substituents is 2. The first-order chi connectivity index (χ1) is 50.7. The van der Waals surface area contributed by atoms with Crippen LogP contribution in [0.2, 0.25) is 0 Å². The van der Waals surface area contributed by atoms with Crippen LogP contribution in [-0.2, 0) is 62.0 Å². The number of nitrogen functional groups attached to an aromatic ring is 3. The van der Waals surface area contributed by atoms with Crippen LogP contribution in [0.15, 0.2) is 91.0 Å². The van der Waals surface area contributed by atoms with Crippen molar-refractivity contribution in [1.82, 2.24) is 0 Å². The topological polar surface area (TPSA) is 463 Å². The van der Waals surface area contributed by atoms with E-state index in [2.05, 4.69) is 18.9 Å². The second kappa shape index (κ2) is 49.1. The third-order valence-corrected chi connectivity index (χ3v) is 17.0. The SMILES string of the molecule is C.C.CCOC(=O)C1CC1C=O.CCOC(=O)C1CC1CO.COC(=O)C1CC1COc1cc(N)cc(OC)c1.COC(=O)C1CC1COc1cc(OC)cc([N+](=O)[O-])c1.COC(=O)[C@@H]1C[C@H]1COc1cc(N)cc(OC)c1.COC(=O)[C@H]1C[C@@H]1COc1cc(N)cc(OC)c1.COc1cc(O)cc([N+](=O)[O-])c1.[B].[H-].[Na+]. The molecule has 8 unspecified atom stereocenters. The van der Waals surface area contributed by atoms with E-state index in [-0.39, 0.29) is 191 Å². The van der Waals surface area contributed by atoms with E-state index in [1.807, 2.05) is 0 Å². The van der Waals surface area contributed by atoms with E-state index >= 15 is 0 Å². The Morgan fingerprint density at radius 1 is 0.418 bits per heavy atom. The molecule has 6 saturated carbocycles. The predicted octanol–water partition coefficient (Wildman–Crippen LogP) is 6.07. The molecule has 0 heterocycles. The molecule has 11 rings (SSSR count). The van der Waals surface area contributed by atoms with Gasteiger partial charge in [0.05, 0.1) is 173 Å². The van der Waals surface area contributed by atoms with Crippen molar-refractivity contribution in [3.8, 4) is 57.5 Å². The number of aliphatic hydroxyl groups is 1. The quantitative estimate of drug-likeness (QED) is 0.00690. The van der Waals surface area contributed by atoms with Crippen molar-refractivity contribution in [2.75, 3.05) is 127 Å². The van der Waals surface area contributed by atoms with Gasteiger partial charge in [-0.15, -0.1) is 0 Å². The Morgan fingerprint density at radius 3 is 0.936 bits per heavy atom. The number of benzene rings is 5. The van der Waals surface area contributed by atoms with Gasteiger partial charge in [0.25, 0.3) is 11.4 Å². The number of methoxy groups -OCH3 is 9. The van der Waals surface area contributed by atoms with Crippen LogP contribution in [0.25, 0.3) is 0 Å². The molecule has 12 atom stereocenters. The second-order valence-corrected chi connectivity index (χ2v) is 24.8. The Labute approximate surface area is 665 Å². The third kappa shape index (κ3) is 33.3. The van der Waals surface area contributed by atoms with E-state index in [4.69, 9.17) is 79.5 Å². The Hall–Kier alpha value is -10.2. The maximum absolute atomic E-state index is 11.3. The van der Waals surface area contributed by atoms with Gasteiger partial charge in [0.15, 0.2) is 0 Å². The number of non-ortho nitro benzene ring substituents is 2. The largest absolute Gasteiger partial charge is 1.00 e. The second-order valence-electron chi connectivity index (χ2n) is 24.8. The van der Waals surface area contributed by atoms with Crippen molar-refractivity contribution in [3.63, 3.8) is 0 Å². The van der Waals surface area contributed by atoms with Crippen LogP contribution in [0.5, 0.6) is 57.5 Å². The number of carbonyl (C=O) groups is 7. The van der Waals surface area contributed by atoms with Gasteiger partial charge in [-0.25, -0.2) is 0 Å². The number of ether oxygens (including phenoxy) is 15. The number of nitrogens with two attached hydrogens (primary N) is 3. The molecule has 6 aliphatic rings. The van der Waals surface area contributed by atoms with Gasteiger partial charge in [0, 0.05) is 128 Å². The zero-order valence-corrected chi connectivity index (χ0v) is 64.6. The van der Waals surface area contributed by atoms with Gasteiger partial charge >= 0.3 is 65.4 Å². The number of anilines is 3. The van der Waals surface area contributed by atoms with Gasteiger partial charge in [-0.05, 0) is 58.3 Å². The summed E-state index contributed by atoms with van der Waals surface area (Å²) in [6, 6.07) is 23.5. The first-order valence-corrected chi connectivity index (χ1v) is 33.6. The maximum atomic E-state index is 11.3. The molecule has 5 aromatic carbocycles. The molecule has 6 aliphatic carbocycles. The van der Waals surface area contributed by atoms with E-state index in [1.165, 1.54) is 66.9 Å². The van der Waals surface area contributed by atoms with Gasteiger partial charge in [0.1, 0.15) is 63.8 Å². The van der Waals surface area contributed by atoms with Gasteiger partial charge < -0.3 is 105 Å². The van der Waals surface area contributed by atoms with Crippen molar-refractivity contribution in [2.24, 2.45) is 71.0 Å². The molecular weight excluding hydrogens is 1450 g/mol. The number of nitro groups is 2. The molecule has 0 amide bonds. The first-order valence-electron chi connectivity index (χ1n) is 33.6. The van der Waals surface area contributed by atoms with Crippen LogP contribution in [-0.4, -0.2) is 181 Å². The summed E-state index contributed by atoms with van der Waals surface area (Å²) in [5.74, 6) is 4.28. The summed E-state index contributed by atoms with van der Waals surface area (Å²) in [4.78, 5) is 96.6. The summed E-state index contributed by atoms with van der Waals surface area (Å²) in [7, 11) is 13.1. The number of aromatic hydroxyl groups is 1. The zero-order chi connectivity index (χ0) is 78.3. The summed E-state index contributed by atoms with van der Waals surface area (Å²) in [6.45, 7) is 6.30. The van der Waals surface area contributed by atoms with E-state index in [0.29, 0.717) is 109 Å². The molecule has 0 saturated heterocycles. The Bertz CT molecular complexity index is 3590. The zero-order valence-electron chi connectivity index (χ0n) is 63.6. The summed E-state index contributed by atoms with van der Waals surface area (Å²) in [5.41, 5.74) is 18.6. The van der Waals surface area contributed by atoms with E-state index < -0.39 is 9.85 Å². The predicted molar refractivity (Wildman–Crippen MR) is 400 cm³/mol. The van der Waals surface area contributed by atoms with Crippen molar-refractivity contribution in [1.29, 1.82) is 0 Å². The monoisotopic (exact) mass is 1560 g/mol. The molecule has 35 heteroatoms. The smallest absolute Gasteiger partial charge is 1.00 e. The minimum atomic E-state index is -0.595. The van der Waals surface area contributed by atoms with Gasteiger partial charge in [-0.3, -0.25) is 49.0 Å². The molecule has 3 radical (unpaired) electrons. The van der Waals surface area contributed by atoms with Crippen molar-refractivity contribution in [2.45, 2.75) is 67.2 Å². The van der Waals surface area contributed by atoms with Crippen molar-refractivity contribution < 1.29 is 156 Å². The van der Waals surface area contributed by atoms with Crippen molar-refractivity contribution >= 4 is 79.0 Å². The van der Waals surface area contributed by atoms with Gasteiger partial charge in [-0.1, -0.05) is 14.9 Å². The van der Waals surface area contributed by atoms with Crippen LogP contribution in [0, 0.1) is 91.2 Å². The number of nitrogens with zero attached hydrogens (tertiary/aromatic N) is 2. The molecule has 6 fully saturated rings. The molecule has 0 bridgehead atoms. The van der Waals surface area contributed by atoms with E-state index in [1.54, 1.807) is 95.8 Å². The van der Waals surface area contributed by atoms with E-state index in [9.17, 15) is 53.8 Å². The summed E-state index contributed by atoms with van der Waals surface area (Å²) >= 11 is 0.